The summed E-state index contributed by atoms with van der Waals surface area (Å²) >= 11 is 5.83. The third-order valence-corrected chi connectivity index (χ3v) is 2.77. The van der Waals surface area contributed by atoms with Gasteiger partial charge in [0.2, 0.25) is 0 Å². The molecule has 2 rings (SSSR count). The summed E-state index contributed by atoms with van der Waals surface area (Å²) in [5.41, 5.74) is 1.98. The SMILES string of the molecule is CCn1cc(NCc2ccc(O)c(Cl)c2)cn1. The van der Waals surface area contributed by atoms with Crippen molar-refractivity contribution < 1.29 is 5.11 Å². The number of aromatic nitrogens is 2. The Hall–Kier alpha value is -1.68. The maximum Gasteiger partial charge on any atom is 0.134 e. The molecule has 0 saturated heterocycles. The molecule has 2 N–H and O–H groups in total. The van der Waals surface area contributed by atoms with E-state index in [0.717, 1.165) is 17.8 Å². The number of nitrogens with zero attached hydrogens (tertiary/aromatic N) is 2. The van der Waals surface area contributed by atoms with Gasteiger partial charge in [-0.1, -0.05) is 17.7 Å². The Kier molecular flexibility index (Phi) is 3.54. The first kappa shape index (κ1) is 11.8. The van der Waals surface area contributed by atoms with Crippen molar-refractivity contribution in [2.24, 2.45) is 0 Å². The van der Waals surface area contributed by atoms with E-state index in [1.165, 1.54) is 0 Å². The summed E-state index contributed by atoms with van der Waals surface area (Å²) in [4.78, 5) is 0. The lowest BCUT2D eigenvalue weighted by atomic mass is 10.2. The lowest BCUT2D eigenvalue weighted by molar-refractivity contribution is 0.475. The van der Waals surface area contributed by atoms with Gasteiger partial charge < -0.3 is 10.4 Å². The van der Waals surface area contributed by atoms with Crippen LogP contribution in [0.15, 0.2) is 30.6 Å². The highest BCUT2D eigenvalue weighted by Gasteiger charge is 2.01. The first-order valence-corrected chi connectivity index (χ1v) is 5.80. The molecule has 0 spiro atoms. The summed E-state index contributed by atoms with van der Waals surface area (Å²) < 4.78 is 1.85. The number of hydrogen-bond donors (Lipinski definition) is 2. The van der Waals surface area contributed by atoms with Gasteiger partial charge in [-0.15, -0.1) is 0 Å². The van der Waals surface area contributed by atoms with Crippen LogP contribution in [0.5, 0.6) is 5.75 Å². The van der Waals surface area contributed by atoms with Crippen LogP contribution in [0, 0.1) is 0 Å². The number of phenols is 1. The van der Waals surface area contributed by atoms with E-state index in [9.17, 15) is 5.11 Å². The Labute approximate surface area is 105 Å². The molecule has 0 aliphatic carbocycles. The second-order valence-electron chi connectivity index (χ2n) is 3.72. The van der Waals surface area contributed by atoms with Gasteiger partial charge in [0, 0.05) is 19.3 Å². The predicted octanol–water partition coefficient (Wildman–Crippen LogP) is 2.87. The molecule has 0 aliphatic heterocycles. The zero-order chi connectivity index (χ0) is 12.3. The number of rotatable bonds is 4. The fraction of sp³-hybridized carbons (Fsp3) is 0.250. The number of anilines is 1. The van der Waals surface area contributed by atoms with Gasteiger partial charge in [0.15, 0.2) is 0 Å². The number of halogens is 1. The molecular formula is C12H14ClN3O. The number of benzene rings is 1. The smallest absolute Gasteiger partial charge is 0.134 e. The molecule has 0 atom stereocenters. The van der Waals surface area contributed by atoms with Crippen LogP contribution in [0.25, 0.3) is 0 Å². The van der Waals surface area contributed by atoms with Crippen LogP contribution in [-0.2, 0) is 13.1 Å². The first-order chi connectivity index (χ1) is 8.19. The Morgan fingerprint density at radius 1 is 1.47 bits per heavy atom. The van der Waals surface area contributed by atoms with E-state index in [4.69, 9.17) is 11.6 Å². The molecule has 0 amide bonds. The quantitative estimate of drug-likeness (QED) is 0.879. The normalized spacial score (nSPS) is 10.5. The van der Waals surface area contributed by atoms with E-state index in [2.05, 4.69) is 10.4 Å². The average Bonchev–Trinajstić information content (AvgIpc) is 2.79. The first-order valence-electron chi connectivity index (χ1n) is 5.42. The summed E-state index contributed by atoms with van der Waals surface area (Å²) in [7, 11) is 0. The third kappa shape index (κ3) is 2.91. The van der Waals surface area contributed by atoms with Crippen molar-refractivity contribution >= 4 is 17.3 Å². The van der Waals surface area contributed by atoms with Gasteiger partial charge in [0.25, 0.3) is 0 Å². The number of aromatic hydroxyl groups is 1. The molecule has 0 saturated carbocycles. The topological polar surface area (TPSA) is 50.1 Å². The Balaban J connectivity index is 1.99. The monoisotopic (exact) mass is 251 g/mol. The minimum Gasteiger partial charge on any atom is -0.506 e. The molecular weight excluding hydrogens is 238 g/mol. The van der Waals surface area contributed by atoms with Gasteiger partial charge in [-0.3, -0.25) is 4.68 Å². The summed E-state index contributed by atoms with van der Waals surface area (Å²) in [6, 6.07) is 5.17. The molecule has 2 aromatic rings. The predicted molar refractivity (Wildman–Crippen MR) is 68.3 cm³/mol. The van der Waals surface area contributed by atoms with Crippen LogP contribution in [0.1, 0.15) is 12.5 Å². The summed E-state index contributed by atoms with van der Waals surface area (Å²) in [5, 5.41) is 17.1. The molecule has 17 heavy (non-hydrogen) atoms. The second kappa shape index (κ2) is 5.10. The number of aryl methyl sites for hydroxylation is 1. The Bertz CT molecular complexity index is 510. The van der Waals surface area contributed by atoms with E-state index in [-0.39, 0.29) is 5.75 Å². The van der Waals surface area contributed by atoms with E-state index >= 15 is 0 Å². The Morgan fingerprint density at radius 3 is 2.94 bits per heavy atom. The molecule has 0 unspecified atom stereocenters. The maximum absolute atomic E-state index is 9.30. The van der Waals surface area contributed by atoms with Crippen LogP contribution >= 0.6 is 11.6 Å². The minimum atomic E-state index is 0.106. The van der Waals surface area contributed by atoms with Crippen LogP contribution in [0.4, 0.5) is 5.69 Å². The van der Waals surface area contributed by atoms with Crippen molar-refractivity contribution in [3.05, 3.63) is 41.2 Å². The van der Waals surface area contributed by atoms with Gasteiger partial charge in [-0.2, -0.15) is 5.10 Å². The lowest BCUT2D eigenvalue weighted by Gasteiger charge is -2.05. The summed E-state index contributed by atoms with van der Waals surface area (Å²) in [6.45, 7) is 3.54. The van der Waals surface area contributed by atoms with Crippen molar-refractivity contribution in [1.82, 2.24) is 9.78 Å². The molecule has 4 nitrogen and oxygen atoms in total. The van der Waals surface area contributed by atoms with Crippen molar-refractivity contribution in [3.8, 4) is 5.75 Å². The van der Waals surface area contributed by atoms with Crippen molar-refractivity contribution in [3.63, 3.8) is 0 Å². The number of nitrogens with one attached hydrogen (secondary N) is 1. The van der Waals surface area contributed by atoms with Gasteiger partial charge in [-0.25, -0.2) is 0 Å². The highest BCUT2D eigenvalue weighted by Crippen LogP contribution is 2.23. The molecule has 0 aliphatic rings. The van der Waals surface area contributed by atoms with Gasteiger partial charge >= 0.3 is 0 Å². The molecule has 1 heterocycles. The van der Waals surface area contributed by atoms with Crippen LogP contribution in [-0.4, -0.2) is 14.9 Å². The van der Waals surface area contributed by atoms with Crippen LogP contribution in [0.2, 0.25) is 5.02 Å². The van der Waals surface area contributed by atoms with Crippen LogP contribution in [0.3, 0.4) is 0 Å². The van der Waals surface area contributed by atoms with Crippen molar-refractivity contribution in [2.45, 2.75) is 20.0 Å². The molecule has 0 fully saturated rings. The standard InChI is InChI=1S/C12H14ClN3O/c1-2-16-8-10(7-15-16)14-6-9-3-4-12(17)11(13)5-9/h3-5,7-8,14,17H,2,6H2,1H3. The van der Waals surface area contributed by atoms with E-state index in [1.54, 1.807) is 18.3 Å². The number of phenolic OH excluding ortho intramolecular Hbond substituents is 1. The molecule has 5 heteroatoms. The van der Waals surface area contributed by atoms with Crippen molar-refractivity contribution in [2.75, 3.05) is 5.32 Å². The molecule has 1 aromatic heterocycles. The highest BCUT2D eigenvalue weighted by atomic mass is 35.5. The van der Waals surface area contributed by atoms with Gasteiger partial charge in [-0.05, 0) is 24.6 Å². The van der Waals surface area contributed by atoms with Crippen LogP contribution < -0.4 is 5.32 Å². The number of hydrogen-bond acceptors (Lipinski definition) is 3. The molecule has 90 valence electrons. The maximum atomic E-state index is 9.30. The largest absolute Gasteiger partial charge is 0.506 e. The lowest BCUT2D eigenvalue weighted by Crippen LogP contribution is -1.98. The molecule has 0 bridgehead atoms. The second-order valence-corrected chi connectivity index (χ2v) is 4.13. The van der Waals surface area contributed by atoms with Gasteiger partial charge in [0.1, 0.15) is 5.75 Å². The third-order valence-electron chi connectivity index (χ3n) is 2.47. The van der Waals surface area contributed by atoms with Gasteiger partial charge in [0.05, 0.1) is 16.9 Å². The summed E-state index contributed by atoms with van der Waals surface area (Å²) in [6.07, 6.45) is 3.73. The zero-order valence-corrected chi connectivity index (χ0v) is 10.3. The van der Waals surface area contributed by atoms with Crippen molar-refractivity contribution in [1.29, 1.82) is 0 Å². The highest BCUT2D eigenvalue weighted by molar-refractivity contribution is 6.32. The zero-order valence-electron chi connectivity index (χ0n) is 9.52. The minimum absolute atomic E-state index is 0.106. The Morgan fingerprint density at radius 2 is 2.29 bits per heavy atom. The molecule has 1 aromatic carbocycles. The average molecular weight is 252 g/mol. The van der Waals surface area contributed by atoms with E-state index in [0.29, 0.717) is 11.6 Å². The fourth-order valence-corrected chi connectivity index (χ4v) is 1.70. The van der Waals surface area contributed by atoms with E-state index in [1.807, 2.05) is 23.9 Å². The molecule has 0 radical (unpaired) electrons. The fourth-order valence-electron chi connectivity index (χ4n) is 1.49. The van der Waals surface area contributed by atoms with E-state index < -0.39 is 0 Å². The summed E-state index contributed by atoms with van der Waals surface area (Å²) in [5.74, 6) is 0.106.